The fraction of sp³-hybridized carbons (Fsp3) is 0.364. The number of aliphatic hydroxyl groups is 1. The first-order valence-electron chi connectivity index (χ1n) is 9.50. The molecule has 1 amide bonds. The predicted octanol–water partition coefficient (Wildman–Crippen LogP) is 2.48. The predicted molar refractivity (Wildman–Crippen MR) is 111 cm³/mol. The van der Waals surface area contributed by atoms with Crippen LogP contribution < -0.4 is 10.1 Å². The van der Waals surface area contributed by atoms with Gasteiger partial charge in [-0.3, -0.25) is 9.69 Å². The summed E-state index contributed by atoms with van der Waals surface area (Å²) >= 11 is 0. The quantitative estimate of drug-likeness (QED) is 0.596. The summed E-state index contributed by atoms with van der Waals surface area (Å²) in [6.45, 7) is 4.56. The molecule has 0 aliphatic carbocycles. The summed E-state index contributed by atoms with van der Waals surface area (Å²) in [5.74, 6) is 0.000476. The molecule has 2 aromatic rings. The Balaban J connectivity index is 1.72. The Kier molecular flexibility index (Phi) is 8.64. The molecule has 7 nitrogen and oxygen atoms in total. The zero-order valence-corrected chi connectivity index (χ0v) is 17.1. The fourth-order valence-electron chi connectivity index (χ4n) is 2.65. The van der Waals surface area contributed by atoms with E-state index in [1.807, 2.05) is 31.2 Å². The second-order valence-corrected chi connectivity index (χ2v) is 6.82. The number of carbonyl (C=O) groups excluding carboxylic acids is 2. The maximum absolute atomic E-state index is 12.1. The van der Waals surface area contributed by atoms with E-state index in [9.17, 15) is 14.7 Å². The molecule has 0 spiro atoms. The van der Waals surface area contributed by atoms with Gasteiger partial charge in [-0.05, 0) is 57.3 Å². The fourth-order valence-corrected chi connectivity index (χ4v) is 2.65. The summed E-state index contributed by atoms with van der Waals surface area (Å²) in [5.41, 5.74) is 2.31. The number of hydrogen-bond donors (Lipinski definition) is 2. The normalized spacial score (nSPS) is 11.8. The van der Waals surface area contributed by atoms with Crippen molar-refractivity contribution in [2.45, 2.75) is 20.0 Å². The van der Waals surface area contributed by atoms with Crippen molar-refractivity contribution >= 4 is 17.6 Å². The highest BCUT2D eigenvalue weighted by atomic mass is 16.5. The van der Waals surface area contributed by atoms with Gasteiger partial charge in [-0.25, -0.2) is 4.79 Å². The summed E-state index contributed by atoms with van der Waals surface area (Å²) in [4.78, 5) is 25.4. The monoisotopic (exact) mass is 400 g/mol. The van der Waals surface area contributed by atoms with Crippen LogP contribution in [-0.2, 0) is 9.53 Å². The molecule has 0 bridgehead atoms. The number of rotatable bonds is 10. The van der Waals surface area contributed by atoms with Crippen LogP contribution in [0.15, 0.2) is 48.5 Å². The number of carbonyl (C=O) groups is 2. The highest BCUT2D eigenvalue weighted by Crippen LogP contribution is 2.13. The van der Waals surface area contributed by atoms with Crippen LogP contribution in [0.4, 0.5) is 5.69 Å². The van der Waals surface area contributed by atoms with Crippen LogP contribution in [0, 0.1) is 6.92 Å². The molecule has 2 aromatic carbocycles. The van der Waals surface area contributed by atoms with Crippen LogP contribution in [0.5, 0.6) is 5.75 Å². The Morgan fingerprint density at radius 3 is 2.38 bits per heavy atom. The van der Waals surface area contributed by atoms with E-state index in [1.54, 1.807) is 43.1 Å². The average molecular weight is 400 g/mol. The largest absolute Gasteiger partial charge is 0.491 e. The Bertz CT molecular complexity index is 790. The summed E-state index contributed by atoms with van der Waals surface area (Å²) in [6, 6.07) is 14.1. The molecule has 0 fully saturated rings. The van der Waals surface area contributed by atoms with Crippen LogP contribution in [0.25, 0.3) is 0 Å². The van der Waals surface area contributed by atoms with E-state index >= 15 is 0 Å². The number of anilines is 1. The van der Waals surface area contributed by atoms with Crippen molar-refractivity contribution in [1.29, 1.82) is 0 Å². The molecular weight excluding hydrogens is 372 g/mol. The molecule has 29 heavy (non-hydrogen) atoms. The standard InChI is InChI=1S/C22H28N2O5/c1-4-28-22(27)17-7-11-20(12-8-17)29-15-19(25)13-24(3)14-21(26)23-18-9-5-16(2)6-10-18/h5-12,19,25H,4,13-15H2,1-3H3,(H,23,26)/t19-/m0/s1. The lowest BCUT2D eigenvalue weighted by atomic mass is 10.2. The molecule has 0 aliphatic heterocycles. The van der Waals surface area contributed by atoms with Crippen LogP contribution in [-0.4, -0.2) is 61.3 Å². The first-order chi connectivity index (χ1) is 13.9. The summed E-state index contributed by atoms with van der Waals surface area (Å²) in [6.07, 6.45) is -0.767. The number of hydrogen-bond acceptors (Lipinski definition) is 6. The SMILES string of the molecule is CCOC(=O)c1ccc(OC[C@@H](O)CN(C)CC(=O)Nc2ccc(C)cc2)cc1. The molecular formula is C22H28N2O5. The molecule has 7 heteroatoms. The number of likely N-dealkylation sites (N-methyl/N-ethyl adjacent to an activating group) is 1. The number of esters is 1. The van der Waals surface area contributed by atoms with Gasteiger partial charge in [-0.2, -0.15) is 0 Å². The highest BCUT2D eigenvalue weighted by Gasteiger charge is 2.13. The molecule has 0 radical (unpaired) electrons. The number of nitrogens with one attached hydrogen (secondary N) is 1. The second-order valence-electron chi connectivity index (χ2n) is 6.82. The number of nitrogens with zero attached hydrogens (tertiary/aromatic N) is 1. The minimum absolute atomic E-state index is 0.0721. The van der Waals surface area contributed by atoms with Gasteiger partial charge >= 0.3 is 5.97 Å². The van der Waals surface area contributed by atoms with Crippen LogP contribution >= 0.6 is 0 Å². The zero-order valence-electron chi connectivity index (χ0n) is 17.1. The van der Waals surface area contributed by atoms with Crippen molar-refractivity contribution < 1.29 is 24.2 Å². The van der Waals surface area contributed by atoms with Gasteiger partial charge in [-0.15, -0.1) is 0 Å². The molecule has 0 aliphatic rings. The number of aliphatic hydroxyl groups excluding tert-OH is 1. The second kappa shape index (κ2) is 11.2. The zero-order chi connectivity index (χ0) is 21.2. The Hall–Kier alpha value is -2.90. The molecule has 2 N–H and O–H groups in total. The molecule has 0 heterocycles. The smallest absolute Gasteiger partial charge is 0.338 e. The van der Waals surface area contributed by atoms with Crippen molar-refractivity contribution in [3.05, 3.63) is 59.7 Å². The minimum Gasteiger partial charge on any atom is -0.491 e. The number of ether oxygens (including phenoxy) is 2. The van der Waals surface area contributed by atoms with E-state index in [2.05, 4.69) is 5.32 Å². The molecule has 0 aromatic heterocycles. The van der Waals surface area contributed by atoms with Crippen molar-refractivity contribution in [2.75, 3.05) is 38.7 Å². The van der Waals surface area contributed by atoms with Gasteiger partial charge in [0.25, 0.3) is 0 Å². The first-order valence-corrected chi connectivity index (χ1v) is 9.50. The maximum Gasteiger partial charge on any atom is 0.338 e. The van der Waals surface area contributed by atoms with Gasteiger partial charge in [0.1, 0.15) is 18.5 Å². The van der Waals surface area contributed by atoms with E-state index in [-0.39, 0.29) is 31.6 Å². The van der Waals surface area contributed by atoms with Crippen LogP contribution in [0.2, 0.25) is 0 Å². The van der Waals surface area contributed by atoms with Gasteiger partial charge in [0, 0.05) is 12.2 Å². The third-order valence-electron chi connectivity index (χ3n) is 4.08. The minimum atomic E-state index is -0.767. The van der Waals surface area contributed by atoms with Crippen molar-refractivity contribution in [3.8, 4) is 5.75 Å². The van der Waals surface area contributed by atoms with Crippen molar-refractivity contribution in [2.24, 2.45) is 0 Å². The maximum atomic E-state index is 12.1. The van der Waals surface area contributed by atoms with Crippen LogP contribution in [0.3, 0.4) is 0 Å². The molecule has 1 atom stereocenters. The first kappa shape index (κ1) is 22.4. The Morgan fingerprint density at radius 1 is 1.10 bits per heavy atom. The van der Waals surface area contributed by atoms with Crippen molar-refractivity contribution in [3.63, 3.8) is 0 Å². The topological polar surface area (TPSA) is 88.1 Å². The van der Waals surface area contributed by atoms with E-state index < -0.39 is 6.10 Å². The van der Waals surface area contributed by atoms with Gasteiger partial charge in [-0.1, -0.05) is 17.7 Å². The van der Waals surface area contributed by atoms with E-state index in [0.717, 1.165) is 11.3 Å². The Morgan fingerprint density at radius 2 is 1.76 bits per heavy atom. The van der Waals surface area contributed by atoms with Gasteiger partial charge in [0.05, 0.1) is 18.7 Å². The van der Waals surface area contributed by atoms with E-state index in [0.29, 0.717) is 17.9 Å². The number of benzene rings is 2. The molecule has 156 valence electrons. The molecule has 0 saturated carbocycles. The third-order valence-corrected chi connectivity index (χ3v) is 4.08. The van der Waals surface area contributed by atoms with Crippen molar-refractivity contribution in [1.82, 2.24) is 4.90 Å². The molecule has 0 unspecified atom stereocenters. The molecule has 2 rings (SSSR count). The highest BCUT2D eigenvalue weighted by molar-refractivity contribution is 5.92. The number of aryl methyl sites for hydroxylation is 1. The third kappa shape index (κ3) is 7.93. The van der Waals surface area contributed by atoms with Gasteiger partial charge < -0.3 is 19.9 Å². The molecule has 0 saturated heterocycles. The van der Waals surface area contributed by atoms with Gasteiger partial charge in [0.15, 0.2) is 0 Å². The average Bonchev–Trinajstić information content (AvgIpc) is 2.68. The van der Waals surface area contributed by atoms with E-state index in [4.69, 9.17) is 9.47 Å². The summed E-state index contributed by atoms with van der Waals surface area (Å²) in [7, 11) is 1.76. The summed E-state index contributed by atoms with van der Waals surface area (Å²) < 4.78 is 10.5. The Labute approximate surface area is 171 Å². The van der Waals surface area contributed by atoms with E-state index in [1.165, 1.54) is 0 Å². The lowest BCUT2D eigenvalue weighted by molar-refractivity contribution is -0.117. The number of amides is 1. The lowest BCUT2D eigenvalue weighted by Gasteiger charge is -2.20. The van der Waals surface area contributed by atoms with Gasteiger partial charge in [0.2, 0.25) is 5.91 Å². The summed E-state index contributed by atoms with van der Waals surface area (Å²) in [5, 5.41) is 13.0. The lowest BCUT2D eigenvalue weighted by Crippen LogP contribution is -2.37. The van der Waals surface area contributed by atoms with Crippen LogP contribution in [0.1, 0.15) is 22.8 Å².